The summed E-state index contributed by atoms with van der Waals surface area (Å²) < 4.78 is 10.8. The van der Waals surface area contributed by atoms with Crippen LogP contribution in [0.2, 0.25) is 0 Å². The number of esters is 1. The second-order valence-electron chi connectivity index (χ2n) is 6.09. The van der Waals surface area contributed by atoms with E-state index in [2.05, 4.69) is 0 Å². The van der Waals surface area contributed by atoms with Gasteiger partial charge in [0.1, 0.15) is 5.75 Å². The van der Waals surface area contributed by atoms with E-state index in [4.69, 9.17) is 9.47 Å². The van der Waals surface area contributed by atoms with E-state index in [0.717, 1.165) is 28.1 Å². The van der Waals surface area contributed by atoms with Crippen molar-refractivity contribution in [1.82, 2.24) is 0 Å². The molecule has 0 radical (unpaired) electrons. The Hall–Kier alpha value is -2.82. The van der Waals surface area contributed by atoms with Crippen molar-refractivity contribution in [3.63, 3.8) is 0 Å². The molecule has 1 fully saturated rings. The van der Waals surface area contributed by atoms with Crippen molar-refractivity contribution in [2.45, 2.75) is 18.4 Å². The minimum atomic E-state index is -1.18. The number of hydrogen-bond donors (Lipinski definition) is 0. The van der Waals surface area contributed by atoms with Crippen molar-refractivity contribution in [2.75, 3.05) is 19.1 Å². The topological polar surface area (TPSA) is 55.8 Å². The predicted octanol–water partition coefficient (Wildman–Crippen LogP) is 2.87. The fraction of sp³-hybridized carbons (Fsp3) is 0.263. The van der Waals surface area contributed by atoms with E-state index in [0.29, 0.717) is 6.42 Å². The summed E-state index contributed by atoms with van der Waals surface area (Å²) in [6, 6.07) is 13.4. The molecule has 2 heterocycles. The molecule has 24 heavy (non-hydrogen) atoms. The zero-order chi connectivity index (χ0) is 16.9. The number of ether oxygens (including phenoxy) is 2. The highest BCUT2D eigenvalue weighted by Crippen LogP contribution is 2.51. The van der Waals surface area contributed by atoms with Crippen molar-refractivity contribution in [2.24, 2.45) is 0 Å². The van der Waals surface area contributed by atoms with Crippen LogP contribution in [0.5, 0.6) is 5.75 Å². The van der Waals surface area contributed by atoms with Gasteiger partial charge in [0.25, 0.3) is 5.91 Å². The Balaban J connectivity index is 1.93. The molecule has 1 atom stereocenters. The summed E-state index contributed by atoms with van der Waals surface area (Å²) in [6.45, 7) is 0. The summed E-state index contributed by atoms with van der Waals surface area (Å²) in [5.41, 5.74) is 2.26. The van der Waals surface area contributed by atoms with E-state index in [1.807, 2.05) is 42.5 Å². The monoisotopic (exact) mass is 323 g/mol. The summed E-state index contributed by atoms with van der Waals surface area (Å²) in [7, 11) is 3.34. The van der Waals surface area contributed by atoms with Crippen LogP contribution in [0.3, 0.4) is 0 Å². The van der Waals surface area contributed by atoms with Gasteiger partial charge in [-0.1, -0.05) is 24.3 Å². The van der Waals surface area contributed by atoms with Crippen LogP contribution in [0.1, 0.15) is 18.4 Å². The third-order valence-electron chi connectivity index (χ3n) is 4.83. The van der Waals surface area contributed by atoms with Gasteiger partial charge in [-0.05, 0) is 29.3 Å². The Bertz CT molecular complexity index is 843. The van der Waals surface area contributed by atoms with Crippen molar-refractivity contribution in [3.8, 4) is 16.9 Å². The number of nitrogens with zero attached hydrogens (tertiary/aromatic N) is 1. The van der Waals surface area contributed by atoms with Crippen LogP contribution in [0.15, 0.2) is 42.5 Å². The molecule has 1 unspecified atom stereocenters. The molecule has 4 rings (SSSR count). The van der Waals surface area contributed by atoms with Gasteiger partial charge in [0, 0.05) is 19.0 Å². The Kier molecular flexibility index (Phi) is 3.13. The lowest BCUT2D eigenvalue weighted by molar-refractivity contribution is -0.156. The fourth-order valence-electron chi connectivity index (χ4n) is 3.64. The summed E-state index contributed by atoms with van der Waals surface area (Å²) in [5, 5.41) is 0. The summed E-state index contributed by atoms with van der Waals surface area (Å²) in [6.07, 6.45) is 0.644. The number of amides is 1. The molecule has 5 nitrogen and oxygen atoms in total. The van der Waals surface area contributed by atoms with Gasteiger partial charge < -0.3 is 14.4 Å². The number of carbonyl (C=O) groups excluding carboxylic acids is 2. The molecular weight excluding hydrogens is 306 g/mol. The molecule has 2 aliphatic heterocycles. The number of methoxy groups -OCH3 is 1. The van der Waals surface area contributed by atoms with E-state index in [1.165, 1.54) is 0 Å². The van der Waals surface area contributed by atoms with Gasteiger partial charge in [-0.15, -0.1) is 0 Å². The Labute approximate surface area is 139 Å². The molecule has 122 valence electrons. The van der Waals surface area contributed by atoms with Crippen LogP contribution in [-0.2, 0) is 19.9 Å². The zero-order valence-corrected chi connectivity index (χ0v) is 13.5. The van der Waals surface area contributed by atoms with Crippen LogP contribution < -0.4 is 9.64 Å². The molecule has 5 heteroatoms. The first kappa shape index (κ1) is 14.8. The highest BCUT2D eigenvalue weighted by molar-refractivity contribution is 6.10. The van der Waals surface area contributed by atoms with Crippen molar-refractivity contribution in [3.05, 3.63) is 48.0 Å². The van der Waals surface area contributed by atoms with Gasteiger partial charge in [0.2, 0.25) is 5.60 Å². The van der Waals surface area contributed by atoms with Crippen LogP contribution in [0, 0.1) is 0 Å². The van der Waals surface area contributed by atoms with Crippen LogP contribution in [0.4, 0.5) is 5.69 Å². The van der Waals surface area contributed by atoms with Crippen molar-refractivity contribution < 1.29 is 19.1 Å². The summed E-state index contributed by atoms with van der Waals surface area (Å²) in [5.74, 6) is 0.264. The van der Waals surface area contributed by atoms with E-state index >= 15 is 0 Å². The minimum Gasteiger partial charge on any atom is -0.497 e. The third-order valence-corrected chi connectivity index (χ3v) is 4.83. The number of carbonyl (C=O) groups is 2. The average molecular weight is 323 g/mol. The minimum absolute atomic E-state index is 0.177. The van der Waals surface area contributed by atoms with Gasteiger partial charge in [0.15, 0.2) is 0 Å². The fourth-order valence-corrected chi connectivity index (χ4v) is 3.64. The quantitative estimate of drug-likeness (QED) is 0.798. The molecule has 0 bridgehead atoms. The lowest BCUT2D eigenvalue weighted by Gasteiger charge is -2.23. The van der Waals surface area contributed by atoms with Gasteiger partial charge in [-0.3, -0.25) is 9.59 Å². The summed E-state index contributed by atoms with van der Waals surface area (Å²) in [4.78, 5) is 26.2. The molecule has 1 saturated heterocycles. The predicted molar refractivity (Wildman–Crippen MR) is 88.8 cm³/mol. The highest BCUT2D eigenvalue weighted by Gasteiger charge is 2.57. The number of likely N-dealkylation sites (N-methyl/N-ethyl adjacent to an activating group) is 1. The highest BCUT2D eigenvalue weighted by atomic mass is 16.6. The normalized spacial score (nSPS) is 22.0. The smallest absolute Gasteiger partial charge is 0.307 e. The van der Waals surface area contributed by atoms with Crippen LogP contribution in [0.25, 0.3) is 11.1 Å². The van der Waals surface area contributed by atoms with Gasteiger partial charge in [-0.25, -0.2) is 0 Å². The summed E-state index contributed by atoms with van der Waals surface area (Å²) >= 11 is 0. The van der Waals surface area contributed by atoms with E-state index in [9.17, 15) is 9.59 Å². The molecule has 0 aromatic heterocycles. The molecule has 0 N–H and O–H groups in total. The van der Waals surface area contributed by atoms with Crippen molar-refractivity contribution >= 4 is 17.6 Å². The molecule has 1 spiro atoms. The lowest BCUT2D eigenvalue weighted by Crippen LogP contribution is -2.38. The second kappa shape index (κ2) is 5.09. The van der Waals surface area contributed by atoms with Gasteiger partial charge in [-0.2, -0.15) is 0 Å². The zero-order valence-electron chi connectivity index (χ0n) is 13.5. The largest absolute Gasteiger partial charge is 0.497 e. The van der Waals surface area contributed by atoms with Crippen LogP contribution >= 0.6 is 0 Å². The SMILES string of the molecule is COc1ccc(-c2cccc3c2C2(CCC(=O)O2)C(=O)N3C)cc1. The number of rotatable bonds is 2. The molecule has 2 aromatic carbocycles. The Morgan fingerprint density at radius 2 is 1.88 bits per heavy atom. The molecular formula is C19H17NO4. The standard InChI is InChI=1S/C19H17NO4/c1-20-15-5-3-4-14(12-6-8-13(23-2)9-7-12)17(15)19(18(20)22)11-10-16(21)24-19/h3-9H,10-11H2,1-2H3. The van der Waals surface area contributed by atoms with Gasteiger partial charge >= 0.3 is 5.97 Å². The van der Waals surface area contributed by atoms with E-state index in [-0.39, 0.29) is 18.3 Å². The number of benzene rings is 2. The number of fused-ring (bicyclic) bond motifs is 2. The molecule has 1 amide bonds. The Morgan fingerprint density at radius 3 is 2.50 bits per heavy atom. The number of anilines is 1. The van der Waals surface area contributed by atoms with Crippen molar-refractivity contribution in [1.29, 1.82) is 0 Å². The first-order chi connectivity index (χ1) is 11.6. The van der Waals surface area contributed by atoms with Crippen LogP contribution in [-0.4, -0.2) is 26.0 Å². The molecule has 2 aromatic rings. The van der Waals surface area contributed by atoms with E-state index < -0.39 is 5.60 Å². The third kappa shape index (κ3) is 1.87. The Morgan fingerprint density at radius 1 is 1.12 bits per heavy atom. The van der Waals surface area contributed by atoms with Gasteiger partial charge in [0.05, 0.1) is 19.2 Å². The van der Waals surface area contributed by atoms with E-state index in [1.54, 1.807) is 19.1 Å². The second-order valence-corrected chi connectivity index (χ2v) is 6.09. The maximum atomic E-state index is 12.8. The first-order valence-electron chi connectivity index (χ1n) is 7.85. The number of hydrogen-bond acceptors (Lipinski definition) is 4. The molecule has 0 saturated carbocycles. The molecule has 0 aliphatic carbocycles. The lowest BCUT2D eigenvalue weighted by atomic mass is 9.86. The first-order valence-corrected chi connectivity index (χ1v) is 7.85. The maximum absolute atomic E-state index is 12.8. The average Bonchev–Trinajstić information content (AvgIpc) is 3.10. The molecule has 2 aliphatic rings. The maximum Gasteiger partial charge on any atom is 0.307 e.